The Kier molecular flexibility index (Phi) is 16.0. The van der Waals surface area contributed by atoms with Crippen molar-refractivity contribution in [1.29, 1.82) is 0 Å². The van der Waals surface area contributed by atoms with E-state index in [9.17, 15) is 9.59 Å². The number of hydrogen-bond acceptors (Lipinski definition) is 3. The summed E-state index contributed by atoms with van der Waals surface area (Å²) in [6, 6.07) is 9.10. The number of carbonyl (C=O) groups excluding carboxylic acids is 2. The van der Waals surface area contributed by atoms with Gasteiger partial charge in [0.05, 0.1) is 6.61 Å². The van der Waals surface area contributed by atoms with Crippen molar-refractivity contribution >= 4 is 11.8 Å². The second kappa shape index (κ2) is 18.2. The molecule has 1 rings (SSSR count). The highest BCUT2D eigenvalue weighted by molar-refractivity contribution is 6.08. The van der Waals surface area contributed by atoms with Crippen LogP contribution in [-0.2, 0) is 9.53 Å². The zero-order valence-electron chi connectivity index (χ0n) is 19.5. The predicted molar refractivity (Wildman–Crippen MR) is 126 cm³/mol. The molecule has 3 nitrogen and oxygen atoms in total. The molecule has 0 spiro atoms. The van der Waals surface area contributed by atoms with Crippen LogP contribution in [0.1, 0.15) is 121 Å². The van der Waals surface area contributed by atoms with E-state index in [1.165, 1.54) is 77.0 Å². The Balaban J connectivity index is 2.13. The molecule has 0 radical (unpaired) electrons. The molecular weight excluding hydrogens is 372 g/mol. The van der Waals surface area contributed by atoms with Crippen LogP contribution in [0.4, 0.5) is 0 Å². The summed E-state index contributed by atoms with van der Waals surface area (Å²) in [5, 5.41) is 0. The third-order valence-electron chi connectivity index (χ3n) is 5.79. The van der Waals surface area contributed by atoms with Gasteiger partial charge in [-0.05, 0) is 13.3 Å². The van der Waals surface area contributed by atoms with Gasteiger partial charge in [-0.2, -0.15) is 0 Å². The van der Waals surface area contributed by atoms with Crippen LogP contribution in [0.5, 0.6) is 0 Å². The Morgan fingerprint density at radius 3 is 1.63 bits per heavy atom. The van der Waals surface area contributed by atoms with E-state index >= 15 is 0 Å². The lowest BCUT2D eigenvalue weighted by molar-refractivity contribution is -0.146. The Labute approximate surface area is 185 Å². The number of ether oxygens (including phenoxy) is 1. The highest BCUT2D eigenvalue weighted by atomic mass is 16.5. The quantitative estimate of drug-likeness (QED) is 0.0995. The number of carbonyl (C=O) groups is 2. The second-order valence-corrected chi connectivity index (χ2v) is 8.42. The van der Waals surface area contributed by atoms with Gasteiger partial charge in [-0.1, -0.05) is 127 Å². The van der Waals surface area contributed by atoms with Crippen molar-refractivity contribution in [2.45, 2.75) is 110 Å². The van der Waals surface area contributed by atoms with Gasteiger partial charge in [-0.25, -0.2) is 0 Å². The van der Waals surface area contributed by atoms with E-state index in [4.69, 9.17) is 4.74 Å². The predicted octanol–water partition coefficient (Wildman–Crippen LogP) is 7.92. The van der Waals surface area contributed by atoms with E-state index in [-0.39, 0.29) is 11.8 Å². The van der Waals surface area contributed by atoms with Crippen molar-refractivity contribution in [3.63, 3.8) is 0 Å². The van der Waals surface area contributed by atoms with E-state index < -0.39 is 5.92 Å². The summed E-state index contributed by atoms with van der Waals surface area (Å²) in [7, 11) is 0. The van der Waals surface area contributed by atoms with Crippen molar-refractivity contribution in [2.24, 2.45) is 5.92 Å². The fourth-order valence-electron chi connectivity index (χ4n) is 3.95. The molecule has 3 heteroatoms. The molecule has 0 aliphatic rings. The minimum Gasteiger partial charge on any atom is -0.465 e. The van der Waals surface area contributed by atoms with E-state index in [0.717, 1.165) is 12.8 Å². The SMILES string of the molecule is CCCCCCCCCCCCCCCC[C@H](C(=O)OCC)C(=O)c1ccccc1. The molecule has 0 unspecified atom stereocenters. The number of benzene rings is 1. The van der Waals surface area contributed by atoms with E-state index in [0.29, 0.717) is 18.6 Å². The number of ketones is 1. The topological polar surface area (TPSA) is 43.4 Å². The lowest BCUT2D eigenvalue weighted by Crippen LogP contribution is -2.26. The molecule has 0 fully saturated rings. The molecule has 0 aromatic heterocycles. The van der Waals surface area contributed by atoms with Gasteiger partial charge in [-0.15, -0.1) is 0 Å². The van der Waals surface area contributed by atoms with Crippen LogP contribution in [0.3, 0.4) is 0 Å². The minimum absolute atomic E-state index is 0.108. The smallest absolute Gasteiger partial charge is 0.316 e. The summed E-state index contributed by atoms with van der Waals surface area (Å²) >= 11 is 0. The fourth-order valence-corrected chi connectivity index (χ4v) is 3.95. The first kappa shape index (κ1) is 26.4. The van der Waals surface area contributed by atoms with Crippen LogP contribution >= 0.6 is 0 Å². The summed E-state index contributed by atoms with van der Waals surface area (Å²) in [4.78, 5) is 25.0. The number of unbranched alkanes of at least 4 members (excludes halogenated alkanes) is 13. The molecule has 1 aromatic rings. The lowest BCUT2D eigenvalue weighted by atomic mass is 9.92. The molecule has 1 aromatic carbocycles. The molecule has 1 atom stereocenters. The number of rotatable bonds is 19. The third kappa shape index (κ3) is 12.1. The van der Waals surface area contributed by atoms with Crippen molar-refractivity contribution in [1.82, 2.24) is 0 Å². The molecule has 30 heavy (non-hydrogen) atoms. The van der Waals surface area contributed by atoms with E-state index in [1.807, 2.05) is 18.2 Å². The molecule has 0 N–H and O–H groups in total. The Morgan fingerprint density at radius 1 is 0.700 bits per heavy atom. The van der Waals surface area contributed by atoms with Gasteiger partial charge >= 0.3 is 5.97 Å². The fraction of sp³-hybridized carbons (Fsp3) is 0.704. The van der Waals surface area contributed by atoms with Crippen molar-refractivity contribution < 1.29 is 14.3 Å². The zero-order valence-corrected chi connectivity index (χ0v) is 19.5. The van der Waals surface area contributed by atoms with Crippen LogP contribution in [0.2, 0.25) is 0 Å². The first-order valence-corrected chi connectivity index (χ1v) is 12.5. The highest BCUT2D eigenvalue weighted by Gasteiger charge is 2.28. The standard InChI is InChI=1S/C27H44O3/c1-3-5-6-7-8-9-10-11-12-13-14-15-16-20-23-25(27(29)30-4-2)26(28)24-21-18-17-19-22-24/h17-19,21-22,25H,3-16,20,23H2,1-2H3/t25-/m0/s1. The summed E-state index contributed by atoms with van der Waals surface area (Å²) in [5.74, 6) is -1.14. The zero-order chi connectivity index (χ0) is 21.9. The molecule has 0 bridgehead atoms. The number of hydrogen-bond donors (Lipinski definition) is 0. The average Bonchev–Trinajstić information content (AvgIpc) is 2.77. The minimum atomic E-state index is -0.662. The highest BCUT2D eigenvalue weighted by Crippen LogP contribution is 2.19. The van der Waals surface area contributed by atoms with Gasteiger partial charge in [0.2, 0.25) is 0 Å². The monoisotopic (exact) mass is 416 g/mol. The van der Waals surface area contributed by atoms with Gasteiger partial charge in [0, 0.05) is 5.56 Å². The number of esters is 1. The van der Waals surface area contributed by atoms with Gasteiger partial charge in [-0.3, -0.25) is 9.59 Å². The maximum absolute atomic E-state index is 12.7. The molecule has 170 valence electrons. The van der Waals surface area contributed by atoms with Crippen molar-refractivity contribution in [2.75, 3.05) is 6.61 Å². The second-order valence-electron chi connectivity index (χ2n) is 8.42. The van der Waals surface area contributed by atoms with Gasteiger partial charge in [0.15, 0.2) is 5.78 Å². The van der Waals surface area contributed by atoms with Crippen LogP contribution < -0.4 is 0 Å². The summed E-state index contributed by atoms with van der Waals surface area (Å²) in [6.07, 6.45) is 18.7. The van der Waals surface area contributed by atoms with Crippen molar-refractivity contribution in [3.05, 3.63) is 35.9 Å². The number of Topliss-reactive ketones (excluding diaryl/α,β-unsaturated/α-hetero) is 1. The van der Waals surface area contributed by atoms with Crippen LogP contribution in [0.15, 0.2) is 30.3 Å². The molecule has 0 aliphatic heterocycles. The van der Waals surface area contributed by atoms with Gasteiger partial charge < -0.3 is 4.74 Å². The third-order valence-corrected chi connectivity index (χ3v) is 5.79. The first-order valence-electron chi connectivity index (χ1n) is 12.5. The summed E-state index contributed by atoms with van der Waals surface area (Å²) in [5.41, 5.74) is 0.598. The van der Waals surface area contributed by atoms with Crippen LogP contribution in [0.25, 0.3) is 0 Å². The van der Waals surface area contributed by atoms with Crippen LogP contribution in [0, 0.1) is 5.92 Å². The molecule has 0 aliphatic carbocycles. The van der Waals surface area contributed by atoms with Crippen LogP contribution in [-0.4, -0.2) is 18.4 Å². The van der Waals surface area contributed by atoms with Gasteiger partial charge in [0.25, 0.3) is 0 Å². The maximum atomic E-state index is 12.7. The molecule has 0 saturated heterocycles. The summed E-state index contributed by atoms with van der Waals surface area (Å²) in [6.45, 7) is 4.37. The largest absolute Gasteiger partial charge is 0.465 e. The first-order chi connectivity index (χ1) is 14.7. The van der Waals surface area contributed by atoms with E-state index in [1.54, 1.807) is 19.1 Å². The molecular formula is C27H44O3. The molecule has 0 saturated carbocycles. The van der Waals surface area contributed by atoms with E-state index in [2.05, 4.69) is 6.92 Å². The Bertz CT molecular complexity index is 552. The lowest BCUT2D eigenvalue weighted by Gasteiger charge is -2.14. The van der Waals surface area contributed by atoms with Crippen molar-refractivity contribution in [3.8, 4) is 0 Å². The summed E-state index contributed by atoms with van der Waals surface area (Å²) < 4.78 is 5.16. The molecule has 0 amide bonds. The Morgan fingerprint density at radius 2 is 1.17 bits per heavy atom. The molecule has 0 heterocycles. The van der Waals surface area contributed by atoms with Gasteiger partial charge in [0.1, 0.15) is 5.92 Å². The Hall–Kier alpha value is -1.64. The normalized spacial score (nSPS) is 11.9. The maximum Gasteiger partial charge on any atom is 0.316 e. The average molecular weight is 417 g/mol.